The summed E-state index contributed by atoms with van der Waals surface area (Å²) in [6, 6.07) is 5.47. The van der Waals surface area contributed by atoms with Crippen LogP contribution in [0.5, 0.6) is 0 Å². The van der Waals surface area contributed by atoms with Crippen LogP contribution in [0.2, 0.25) is 5.02 Å². The van der Waals surface area contributed by atoms with E-state index in [1.54, 1.807) is 17.9 Å². The Bertz CT molecular complexity index is 1010. The third-order valence-electron chi connectivity index (χ3n) is 5.01. The molecule has 0 unspecified atom stereocenters. The molecule has 1 aliphatic rings. The molecule has 3 heterocycles. The maximum atomic E-state index is 13.2. The second kappa shape index (κ2) is 8.79. The van der Waals surface area contributed by atoms with Crippen LogP contribution in [-0.4, -0.2) is 60.3 Å². The number of carbonyl (C=O) groups excluding carboxylic acids is 1. The second-order valence-electron chi connectivity index (χ2n) is 7.11. The van der Waals surface area contributed by atoms with Gasteiger partial charge in [-0.3, -0.25) is 14.6 Å². The minimum absolute atomic E-state index is 0.225. The number of fused-ring (bicyclic) bond motifs is 1. The van der Waals surface area contributed by atoms with Gasteiger partial charge in [0.1, 0.15) is 0 Å². The van der Waals surface area contributed by atoms with Crippen LogP contribution in [0.4, 0.5) is 5.13 Å². The van der Waals surface area contributed by atoms with Gasteiger partial charge >= 0.3 is 0 Å². The Morgan fingerprint density at radius 3 is 2.83 bits per heavy atom. The fourth-order valence-electron chi connectivity index (χ4n) is 3.36. The predicted octanol–water partition coefficient (Wildman–Crippen LogP) is 3.92. The lowest BCUT2D eigenvalue weighted by Crippen LogP contribution is -2.39. The van der Waals surface area contributed by atoms with Gasteiger partial charge in [0.2, 0.25) is 5.76 Å². The standard InChI is InChI=1S/C20H23ClN4O3S/c1-13-12-16(28-23-13)19(26)25(7-3-6-24-8-10-27-11-9-24)20-22-18-14(2)15(21)4-5-17(18)29-20/h4-5,12H,3,6-11H2,1-2H3. The topological polar surface area (TPSA) is 71.7 Å². The van der Waals surface area contributed by atoms with Gasteiger partial charge in [0.05, 0.1) is 29.1 Å². The highest BCUT2D eigenvalue weighted by Gasteiger charge is 2.25. The molecule has 0 spiro atoms. The number of benzene rings is 1. The largest absolute Gasteiger partial charge is 0.379 e. The zero-order valence-corrected chi connectivity index (χ0v) is 18.1. The third-order valence-corrected chi connectivity index (χ3v) is 6.46. The van der Waals surface area contributed by atoms with Crippen LogP contribution in [0.15, 0.2) is 22.7 Å². The van der Waals surface area contributed by atoms with Gasteiger partial charge in [-0.05, 0) is 38.0 Å². The Labute approximate surface area is 178 Å². The normalized spacial score (nSPS) is 15.1. The molecule has 29 heavy (non-hydrogen) atoms. The summed E-state index contributed by atoms with van der Waals surface area (Å²) >= 11 is 7.74. The summed E-state index contributed by atoms with van der Waals surface area (Å²) in [7, 11) is 0. The fourth-order valence-corrected chi connectivity index (χ4v) is 4.56. The lowest BCUT2D eigenvalue weighted by Gasteiger charge is -2.27. The minimum atomic E-state index is -0.226. The lowest BCUT2D eigenvalue weighted by atomic mass is 10.2. The average Bonchev–Trinajstić information content (AvgIpc) is 3.35. The minimum Gasteiger partial charge on any atom is -0.379 e. The summed E-state index contributed by atoms with van der Waals surface area (Å²) in [6.45, 7) is 8.56. The van der Waals surface area contributed by atoms with Gasteiger partial charge in [-0.25, -0.2) is 4.98 Å². The number of morpholine rings is 1. The Kier molecular flexibility index (Phi) is 6.15. The summed E-state index contributed by atoms with van der Waals surface area (Å²) in [5.74, 6) is -0.00161. The first-order valence-electron chi connectivity index (χ1n) is 9.64. The molecule has 1 fully saturated rings. The van der Waals surface area contributed by atoms with Crippen molar-refractivity contribution in [2.75, 3.05) is 44.3 Å². The number of amides is 1. The number of aryl methyl sites for hydroxylation is 2. The number of ether oxygens (including phenoxy) is 1. The van der Waals surface area contributed by atoms with Crippen molar-refractivity contribution in [3.8, 4) is 0 Å². The predicted molar refractivity (Wildman–Crippen MR) is 114 cm³/mol. The van der Waals surface area contributed by atoms with E-state index >= 15 is 0 Å². The van der Waals surface area contributed by atoms with Crippen LogP contribution in [0.1, 0.15) is 28.2 Å². The van der Waals surface area contributed by atoms with Gasteiger partial charge in [-0.15, -0.1) is 0 Å². The quantitative estimate of drug-likeness (QED) is 0.585. The third kappa shape index (κ3) is 4.45. The molecule has 4 rings (SSSR count). The van der Waals surface area contributed by atoms with E-state index in [2.05, 4.69) is 10.1 Å². The van der Waals surface area contributed by atoms with E-state index < -0.39 is 0 Å². The summed E-state index contributed by atoms with van der Waals surface area (Å²) in [4.78, 5) is 22.0. The van der Waals surface area contributed by atoms with Crippen molar-refractivity contribution in [2.24, 2.45) is 0 Å². The molecule has 2 aromatic heterocycles. The molecule has 0 radical (unpaired) electrons. The lowest BCUT2D eigenvalue weighted by molar-refractivity contribution is 0.0376. The first-order valence-corrected chi connectivity index (χ1v) is 10.8. The number of nitrogens with zero attached hydrogens (tertiary/aromatic N) is 4. The van der Waals surface area contributed by atoms with E-state index in [9.17, 15) is 4.79 Å². The number of rotatable bonds is 6. The van der Waals surface area contributed by atoms with Gasteiger partial charge in [-0.1, -0.05) is 28.1 Å². The number of aromatic nitrogens is 2. The van der Waals surface area contributed by atoms with Crippen molar-refractivity contribution in [2.45, 2.75) is 20.3 Å². The van der Waals surface area contributed by atoms with E-state index in [4.69, 9.17) is 25.8 Å². The molecule has 0 saturated carbocycles. The molecule has 9 heteroatoms. The summed E-state index contributed by atoms with van der Waals surface area (Å²) < 4.78 is 11.6. The van der Waals surface area contributed by atoms with Crippen LogP contribution >= 0.6 is 22.9 Å². The maximum Gasteiger partial charge on any atom is 0.298 e. The molecule has 7 nitrogen and oxygen atoms in total. The van der Waals surface area contributed by atoms with Gasteiger partial charge in [0.25, 0.3) is 5.91 Å². The van der Waals surface area contributed by atoms with Crippen LogP contribution in [0.3, 0.4) is 0 Å². The summed E-state index contributed by atoms with van der Waals surface area (Å²) in [6.07, 6.45) is 0.828. The molecule has 0 aliphatic carbocycles. The molecule has 3 aromatic rings. The Hall–Kier alpha value is -2.00. The van der Waals surface area contributed by atoms with Gasteiger partial charge < -0.3 is 9.26 Å². The zero-order chi connectivity index (χ0) is 20.4. The van der Waals surface area contributed by atoms with Crippen LogP contribution in [-0.2, 0) is 4.74 Å². The van der Waals surface area contributed by atoms with Crippen molar-refractivity contribution >= 4 is 44.2 Å². The number of hydrogen-bond acceptors (Lipinski definition) is 7. The van der Waals surface area contributed by atoms with E-state index in [0.29, 0.717) is 22.4 Å². The monoisotopic (exact) mass is 434 g/mol. The molecule has 0 N–H and O–H groups in total. The second-order valence-corrected chi connectivity index (χ2v) is 8.53. The van der Waals surface area contributed by atoms with Crippen LogP contribution < -0.4 is 4.90 Å². The molecular weight excluding hydrogens is 412 g/mol. The first kappa shape index (κ1) is 20.3. The van der Waals surface area contributed by atoms with Gasteiger partial charge in [0.15, 0.2) is 5.13 Å². The smallest absolute Gasteiger partial charge is 0.298 e. The highest BCUT2D eigenvalue weighted by atomic mass is 35.5. The Morgan fingerprint density at radius 1 is 1.31 bits per heavy atom. The number of thiazole rings is 1. The molecule has 1 aliphatic heterocycles. The summed E-state index contributed by atoms with van der Waals surface area (Å²) in [5.41, 5.74) is 2.42. The number of halogens is 1. The maximum absolute atomic E-state index is 13.2. The highest BCUT2D eigenvalue weighted by molar-refractivity contribution is 7.22. The summed E-state index contributed by atoms with van der Waals surface area (Å²) in [5, 5.41) is 5.17. The molecular formula is C20H23ClN4O3S. The van der Waals surface area contributed by atoms with E-state index in [-0.39, 0.29) is 11.7 Å². The number of anilines is 1. The average molecular weight is 435 g/mol. The molecule has 154 valence electrons. The van der Waals surface area contributed by atoms with Gasteiger partial charge in [0, 0.05) is 37.3 Å². The zero-order valence-electron chi connectivity index (χ0n) is 16.5. The molecule has 1 aromatic carbocycles. The molecule has 1 saturated heterocycles. The molecule has 0 bridgehead atoms. The number of hydrogen-bond donors (Lipinski definition) is 0. The van der Waals surface area contributed by atoms with Crippen LogP contribution in [0, 0.1) is 13.8 Å². The molecule has 1 amide bonds. The Morgan fingerprint density at radius 2 is 2.10 bits per heavy atom. The number of carbonyl (C=O) groups is 1. The highest BCUT2D eigenvalue weighted by Crippen LogP contribution is 2.34. The SMILES string of the molecule is Cc1cc(C(=O)N(CCCN2CCOCC2)c2nc3c(C)c(Cl)ccc3s2)on1. The van der Waals surface area contributed by atoms with E-state index in [1.165, 1.54) is 11.3 Å². The van der Waals surface area contributed by atoms with Crippen molar-refractivity contribution < 1.29 is 14.1 Å². The van der Waals surface area contributed by atoms with Gasteiger partial charge in [-0.2, -0.15) is 0 Å². The van der Waals surface area contributed by atoms with Crippen molar-refractivity contribution in [3.05, 3.63) is 40.2 Å². The first-order chi connectivity index (χ1) is 14.0. The van der Waals surface area contributed by atoms with E-state index in [0.717, 1.165) is 55.0 Å². The molecule has 0 atom stereocenters. The van der Waals surface area contributed by atoms with Crippen molar-refractivity contribution in [3.63, 3.8) is 0 Å². The van der Waals surface area contributed by atoms with Crippen molar-refractivity contribution in [1.29, 1.82) is 0 Å². The van der Waals surface area contributed by atoms with Crippen LogP contribution in [0.25, 0.3) is 10.2 Å². The van der Waals surface area contributed by atoms with E-state index in [1.807, 2.05) is 19.1 Å². The van der Waals surface area contributed by atoms with Crippen molar-refractivity contribution in [1.82, 2.24) is 15.0 Å². The Balaban J connectivity index is 1.58. The fraction of sp³-hybridized carbons (Fsp3) is 0.450.